The molecule has 172 valence electrons. The van der Waals surface area contributed by atoms with Gasteiger partial charge in [-0.05, 0) is 29.2 Å². The highest BCUT2D eigenvalue weighted by molar-refractivity contribution is 7.15. The van der Waals surface area contributed by atoms with Crippen LogP contribution in [-0.2, 0) is 16.0 Å². The molecule has 0 atom stereocenters. The Labute approximate surface area is 203 Å². The molecule has 0 aliphatic carbocycles. The van der Waals surface area contributed by atoms with Crippen molar-refractivity contribution in [2.75, 3.05) is 19.0 Å². The standard InChI is InChI=1S/C28H25NO4S/c1-3-19-13-15-21(16-14-19)23-18-34-27(26(23)28(31)32-2)29-25(30)17-33-24-12-8-7-11-22(24)20-9-5-4-6-10-20/h4-16,18H,3,17H2,1-2H3,(H,29,30). The number of ether oxygens (including phenoxy) is 2. The number of aryl methyl sites for hydroxylation is 1. The third-order valence-corrected chi connectivity index (χ3v) is 6.33. The number of carbonyl (C=O) groups is 2. The minimum absolute atomic E-state index is 0.192. The molecule has 0 saturated carbocycles. The quantitative estimate of drug-likeness (QED) is 0.300. The molecular weight excluding hydrogens is 446 g/mol. The van der Waals surface area contributed by atoms with Crippen LogP contribution in [0.5, 0.6) is 5.75 Å². The largest absolute Gasteiger partial charge is 0.483 e. The zero-order chi connectivity index (χ0) is 23.9. The Kier molecular flexibility index (Phi) is 7.40. The van der Waals surface area contributed by atoms with Crippen molar-refractivity contribution >= 4 is 28.2 Å². The number of amides is 1. The highest BCUT2D eigenvalue weighted by Crippen LogP contribution is 2.36. The van der Waals surface area contributed by atoms with E-state index in [1.54, 1.807) is 0 Å². The van der Waals surface area contributed by atoms with E-state index in [0.29, 0.717) is 16.3 Å². The van der Waals surface area contributed by atoms with Crippen LogP contribution in [0, 0.1) is 0 Å². The van der Waals surface area contributed by atoms with Gasteiger partial charge >= 0.3 is 5.97 Å². The van der Waals surface area contributed by atoms with E-state index in [1.165, 1.54) is 24.0 Å². The molecule has 0 aliphatic rings. The topological polar surface area (TPSA) is 64.6 Å². The van der Waals surface area contributed by atoms with Crippen molar-refractivity contribution < 1.29 is 19.1 Å². The van der Waals surface area contributed by atoms with Crippen molar-refractivity contribution in [3.05, 3.63) is 95.4 Å². The molecule has 0 saturated heterocycles. The van der Waals surface area contributed by atoms with Gasteiger partial charge in [-0.25, -0.2) is 4.79 Å². The molecule has 0 unspecified atom stereocenters. The number of carbonyl (C=O) groups excluding carboxylic acids is 2. The Morgan fingerprint density at radius 2 is 1.53 bits per heavy atom. The van der Waals surface area contributed by atoms with Gasteiger partial charge < -0.3 is 14.8 Å². The first-order chi connectivity index (χ1) is 16.6. The maximum atomic E-state index is 12.7. The van der Waals surface area contributed by atoms with Gasteiger partial charge in [-0.2, -0.15) is 0 Å². The summed E-state index contributed by atoms with van der Waals surface area (Å²) in [6.07, 6.45) is 0.933. The van der Waals surface area contributed by atoms with Gasteiger partial charge in [-0.1, -0.05) is 79.7 Å². The number of benzene rings is 3. The molecule has 0 fully saturated rings. The summed E-state index contributed by atoms with van der Waals surface area (Å²) >= 11 is 1.29. The molecule has 1 amide bonds. The molecule has 0 bridgehead atoms. The Balaban J connectivity index is 1.52. The summed E-state index contributed by atoms with van der Waals surface area (Å²) in [6.45, 7) is 1.90. The average molecular weight is 472 g/mol. The third kappa shape index (κ3) is 5.18. The highest BCUT2D eigenvalue weighted by atomic mass is 32.1. The molecule has 1 aromatic heterocycles. The zero-order valence-electron chi connectivity index (χ0n) is 19.0. The van der Waals surface area contributed by atoms with Crippen LogP contribution in [0.3, 0.4) is 0 Å². The second-order valence-electron chi connectivity index (χ2n) is 7.59. The molecular formula is C28H25NO4S. The molecule has 3 aromatic carbocycles. The van der Waals surface area contributed by atoms with Crippen LogP contribution in [0.1, 0.15) is 22.8 Å². The number of hydrogen-bond donors (Lipinski definition) is 1. The van der Waals surface area contributed by atoms with Crippen LogP contribution in [0.25, 0.3) is 22.3 Å². The van der Waals surface area contributed by atoms with Gasteiger partial charge in [0.1, 0.15) is 16.3 Å². The van der Waals surface area contributed by atoms with Crippen molar-refractivity contribution in [2.24, 2.45) is 0 Å². The summed E-state index contributed by atoms with van der Waals surface area (Å²) in [4.78, 5) is 25.3. The van der Waals surface area contributed by atoms with Gasteiger partial charge in [0.05, 0.1) is 7.11 Å². The van der Waals surface area contributed by atoms with Crippen LogP contribution in [0.4, 0.5) is 5.00 Å². The lowest BCUT2D eigenvalue weighted by molar-refractivity contribution is -0.118. The van der Waals surface area contributed by atoms with Gasteiger partial charge in [0.25, 0.3) is 5.91 Å². The number of thiophene rings is 1. The van der Waals surface area contributed by atoms with Crippen LogP contribution < -0.4 is 10.1 Å². The molecule has 6 heteroatoms. The van der Waals surface area contributed by atoms with Crippen molar-refractivity contribution in [3.8, 4) is 28.0 Å². The summed E-state index contributed by atoms with van der Waals surface area (Å²) in [5.74, 6) is -0.246. The van der Waals surface area contributed by atoms with E-state index in [2.05, 4.69) is 12.2 Å². The van der Waals surface area contributed by atoms with Crippen LogP contribution >= 0.6 is 11.3 Å². The van der Waals surface area contributed by atoms with Crippen LogP contribution in [0.15, 0.2) is 84.2 Å². The fourth-order valence-corrected chi connectivity index (χ4v) is 4.62. The summed E-state index contributed by atoms with van der Waals surface area (Å²) in [5, 5.41) is 5.11. The maximum Gasteiger partial charge on any atom is 0.341 e. The number of rotatable bonds is 8. The molecule has 4 aromatic rings. The monoisotopic (exact) mass is 471 g/mol. The minimum atomic E-state index is -0.499. The Hall–Kier alpha value is -3.90. The number of nitrogens with one attached hydrogen (secondary N) is 1. The molecule has 0 spiro atoms. The van der Waals surface area contributed by atoms with E-state index in [-0.39, 0.29) is 12.5 Å². The first-order valence-electron chi connectivity index (χ1n) is 11.0. The van der Waals surface area contributed by atoms with Gasteiger partial charge in [-0.3, -0.25) is 4.79 Å². The second-order valence-corrected chi connectivity index (χ2v) is 8.47. The summed E-state index contributed by atoms with van der Waals surface area (Å²) in [5.41, 5.74) is 5.07. The predicted molar refractivity (Wildman–Crippen MR) is 136 cm³/mol. The molecule has 5 nitrogen and oxygen atoms in total. The van der Waals surface area contributed by atoms with E-state index < -0.39 is 5.97 Å². The van der Waals surface area contributed by atoms with Gasteiger partial charge in [0.15, 0.2) is 6.61 Å². The molecule has 34 heavy (non-hydrogen) atoms. The Morgan fingerprint density at radius 3 is 2.24 bits per heavy atom. The van der Waals surface area contributed by atoms with Crippen molar-refractivity contribution in [2.45, 2.75) is 13.3 Å². The number of esters is 1. The lowest BCUT2D eigenvalue weighted by Crippen LogP contribution is -2.21. The first-order valence-corrected chi connectivity index (χ1v) is 11.8. The van der Waals surface area contributed by atoms with Gasteiger partial charge in [0, 0.05) is 16.5 Å². The van der Waals surface area contributed by atoms with Crippen LogP contribution in [-0.4, -0.2) is 25.6 Å². The summed E-state index contributed by atoms with van der Waals surface area (Å²) in [6, 6.07) is 25.4. The van der Waals surface area contributed by atoms with Crippen molar-refractivity contribution in [1.29, 1.82) is 0 Å². The molecule has 4 rings (SSSR count). The fraction of sp³-hybridized carbons (Fsp3) is 0.143. The number of hydrogen-bond acceptors (Lipinski definition) is 5. The SMILES string of the molecule is CCc1ccc(-c2csc(NC(=O)COc3ccccc3-c3ccccc3)c2C(=O)OC)cc1. The predicted octanol–water partition coefficient (Wildman–Crippen LogP) is 6.45. The Morgan fingerprint density at radius 1 is 0.853 bits per heavy atom. The van der Waals surface area contributed by atoms with Crippen LogP contribution in [0.2, 0.25) is 0 Å². The smallest absolute Gasteiger partial charge is 0.341 e. The minimum Gasteiger partial charge on any atom is -0.483 e. The maximum absolute atomic E-state index is 12.7. The molecule has 1 N–H and O–H groups in total. The Bertz CT molecular complexity index is 1280. The van der Waals surface area contributed by atoms with Gasteiger partial charge in [0.2, 0.25) is 0 Å². The number of methoxy groups -OCH3 is 1. The first kappa shape index (κ1) is 23.3. The number of anilines is 1. The second kappa shape index (κ2) is 10.8. The summed E-state index contributed by atoms with van der Waals surface area (Å²) in [7, 11) is 1.33. The lowest BCUT2D eigenvalue weighted by atomic mass is 10.0. The normalized spacial score (nSPS) is 10.5. The highest BCUT2D eigenvalue weighted by Gasteiger charge is 2.22. The lowest BCUT2D eigenvalue weighted by Gasteiger charge is -2.12. The van der Waals surface area contributed by atoms with E-state index in [9.17, 15) is 9.59 Å². The zero-order valence-corrected chi connectivity index (χ0v) is 19.9. The van der Waals surface area contributed by atoms with Gasteiger partial charge in [-0.15, -0.1) is 11.3 Å². The average Bonchev–Trinajstić information content (AvgIpc) is 3.31. The summed E-state index contributed by atoms with van der Waals surface area (Å²) < 4.78 is 10.8. The fourth-order valence-electron chi connectivity index (χ4n) is 3.64. The van der Waals surface area contributed by atoms with Crippen molar-refractivity contribution in [1.82, 2.24) is 0 Å². The molecule has 1 heterocycles. The van der Waals surface area contributed by atoms with E-state index >= 15 is 0 Å². The number of para-hydroxylation sites is 1. The third-order valence-electron chi connectivity index (χ3n) is 5.44. The van der Waals surface area contributed by atoms with E-state index in [1.807, 2.05) is 84.2 Å². The van der Waals surface area contributed by atoms with E-state index in [0.717, 1.165) is 28.7 Å². The van der Waals surface area contributed by atoms with E-state index in [4.69, 9.17) is 9.47 Å². The molecule has 0 aliphatic heterocycles. The molecule has 0 radical (unpaired) electrons. The van der Waals surface area contributed by atoms with Crippen molar-refractivity contribution in [3.63, 3.8) is 0 Å².